The van der Waals surface area contributed by atoms with E-state index in [9.17, 15) is 27.6 Å². The van der Waals surface area contributed by atoms with Crippen molar-refractivity contribution in [2.24, 2.45) is 0 Å². The summed E-state index contributed by atoms with van der Waals surface area (Å²) in [6.07, 6.45) is 1.39. The highest BCUT2D eigenvalue weighted by Crippen LogP contribution is 2.14. The van der Waals surface area contributed by atoms with Crippen molar-refractivity contribution < 1.29 is 37.1 Å². The molecular formula is C25H38N4O8S. The molecule has 1 aromatic rings. The SMILES string of the molecule is Cc1ccc(S(=O)(=O)N[C@@H](CCCCNC(=O)CNC(=O)OC(C)(C)C)C(=O)OC(=O)[C@@H]2CCCN2)cc1. The van der Waals surface area contributed by atoms with Gasteiger partial charge >= 0.3 is 18.0 Å². The number of alkyl carbamates (subject to hydrolysis) is 1. The largest absolute Gasteiger partial charge is 0.444 e. The number of hydrogen-bond donors (Lipinski definition) is 4. The smallest absolute Gasteiger partial charge is 0.408 e. The Morgan fingerprint density at radius 2 is 1.76 bits per heavy atom. The number of rotatable bonds is 12. The molecule has 2 atom stereocenters. The highest BCUT2D eigenvalue weighted by molar-refractivity contribution is 7.89. The van der Waals surface area contributed by atoms with E-state index >= 15 is 0 Å². The van der Waals surface area contributed by atoms with Crippen molar-refractivity contribution in [2.75, 3.05) is 19.6 Å². The van der Waals surface area contributed by atoms with E-state index in [1.807, 2.05) is 6.92 Å². The number of carbonyl (C=O) groups is 4. The second-order valence-electron chi connectivity index (χ2n) is 10.1. The van der Waals surface area contributed by atoms with Gasteiger partial charge in [0, 0.05) is 6.54 Å². The number of aryl methyl sites for hydroxylation is 1. The monoisotopic (exact) mass is 554 g/mol. The first kappa shape index (κ1) is 31.2. The molecule has 0 aromatic heterocycles. The summed E-state index contributed by atoms with van der Waals surface area (Å²) in [4.78, 5) is 48.6. The topological polar surface area (TPSA) is 169 Å². The van der Waals surface area contributed by atoms with Gasteiger partial charge in [-0.15, -0.1) is 0 Å². The molecule has 38 heavy (non-hydrogen) atoms. The van der Waals surface area contributed by atoms with E-state index in [0.717, 1.165) is 12.0 Å². The molecule has 4 N–H and O–H groups in total. The highest BCUT2D eigenvalue weighted by Gasteiger charge is 2.31. The van der Waals surface area contributed by atoms with Crippen molar-refractivity contribution in [3.05, 3.63) is 29.8 Å². The Labute approximate surface area is 223 Å². The molecule has 0 radical (unpaired) electrons. The summed E-state index contributed by atoms with van der Waals surface area (Å²) < 4.78 is 38.2. The van der Waals surface area contributed by atoms with Crippen LogP contribution in [0.15, 0.2) is 29.2 Å². The molecule has 212 valence electrons. The molecule has 1 aliphatic rings. The lowest BCUT2D eigenvalue weighted by molar-refractivity contribution is -0.162. The van der Waals surface area contributed by atoms with Gasteiger partial charge in [-0.25, -0.2) is 22.8 Å². The van der Waals surface area contributed by atoms with Gasteiger partial charge in [0.1, 0.15) is 17.7 Å². The van der Waals surface area contributed by atoms with E-state index in [1.165, 1.54) is 12.1 Å². The number of sulfonamides is 1. The molecule has 0 spiro atoms. The lowest BCUT2D eigenvalue weighted by atomic mass is 10.1. The van der Waals surface area contributed by atoms with Gasteiger partial charge in [0.15, 0.2) is 0 Å². The van der Waals surface area contributed by atoms with E-state index in [2.05, 4.69) is 20.7 Å². The standard InChI is InChI=1S/C25H38N4O8S/c1-17-10-12-18(13-11-17)38(34,35)29-20(23(32)36-22(31)19-9-7-15-26-19)8-5-6-14-27-21(30)16-28-24(33)37-25(2,3)4/h10-13,19-20,26,29H,5-9,14-16H2,1-4H3,(H,27,30)(H,28,33)/t19-,20-/m0/s1. The first-order chi connectivity index (χ1) is 17.8. The maximum atomic E-state index is 12.9. The van der Waals surface area contributed by atoms with E-state index < -0.39 is 51.6 Å². The van der Waals surface area contributed by atoms with Crippen molar-refractivity contribution >= 4 is 34.0 Å². The minimum Gasteiger partial charge on any atom is -0.444 e. The van der Waals surface area contributed by atoms with Gasteiger partial charge in [0.25, 0.3) is 0 Å². The van der Waals surface area contributed by atoms with Crippen LogP contribution in [0.3, 0.4) is 0 Å². The molecule has 13 heteroatoms. The van der Waals surface area contributed by atoms with Crippen LogP contribution < -0.4 is 20.7 Å². The lowest BCUT2D eigenvalue weighted by Gasteiger charge is -2.19. The van der Waals surface area contributed by atoms with Crippen molar-refractivity contribution in [3.8, 4) is 0 Å². The molecule has 2 rings (SSSR count). The molecule has 1 fully saturated rings. The van der Waals surface area contributed by atoms with Crippen LogP contribution in [0, 0.1) is 6.92 Å². The van der Waals surface area contributed by atoms with Crippen LogP contribution in [0.2, 0.25) is 0 Å². The van der Waals surface area contributed by atoms with Gasteiger partial charge in [0.2, 0.25) is 15.9 Å². The summed E-state index contributed by atoms with van der Waals surface area (Å²) in [5.41, 5.74) is 0.190. The van der Waals surface area contributed by atoms with Crippen LogP contribution in [0.1, 0.15) is 58.4 Å². The van der Waals surface area contributed by atoms with E-state index in [4.69, 9.17) is 9.47 Å². The Hall–Kier alpha value is -3.03. The highest BCUT2D eigenvalue weighted by atomic mass is 32.2. The van der Waals surface area contributed by atoms with Crippen LogP contribution in [0.5, 0.6) is 0 Å². The number of amides is 2. The number of benzene rings is 1. The van der Waals surface area contributed by atoms with Crippen molar-refractivity contribution in [3.63, 3.8) is 0 Å². The zero-order valence-corrected chi connectivity index (χ0v) is 23.1. The number of esters is 2. The summed E-state index contributed by atoms with van der Waals surface area (Å²) in [5.74, 6) is -2.15. The van der Waals surface area contributed by atoms with Crippen LogP contribution in [0.25, 0.3) is 0 Å². The third kappa shape index (κ3) is 11.2. The predicted molar refractivity (Wildman–Crippen MR) is 139 cm³/mol. The van der Waals surface area contributed by atoms with Gasteiger partial charge in [-0.3, -0.25) is 4.79 Å². The van der Waals surface area contributed by atoms with Gasteiger partial charge in [-0.2, -0.15) is 4.72 Å². The molecule has 0 unspecified atom stereocenters. The van der Waals surface area contributed by atoms with Gasteiger partial charge in [-0.1, -0.05) is 17.7 Å². The fraction of sp³-hybridized carbons (Fsp3) is 0.600. The van der Waals surface area contributed by atoms with E-state index in [1.54, 1.807) is 32.9 Å². The molecule has 1 saturated heterocycles. The summed E-state index contributed by atoms with van der Waals surface area (Å²) in [6.45, 7) is 7.54. The lowest BCUT2D eigenvalue weighted by Crippen LogP contribution is -2.44. The fourth-order valence-corrected chi connectivity index (χ4v) is 4.77. The van der Waals surface area contributed by atoms with Crippen molar-refractivity contribution in [1.82, 2.24) is 20.7 Å². The Morgan fingerprint density at radius 1 is 1.08 bits per heavy atom. The van der Waals surface area contributed by atoms with Crippen molar-refractivity contribution in [2.45, 2.75) is 82.4 Å². The molecule has 1 aromatic carbocycles. The molecule has 1 heterocycles. The van der Waals surface area contributed by atoms with Gasteiger partial charge < -0.3 is 25.4 Å². The molecular weight excluding hydrogens is 516 g/mol. The molecule has 0 saturated carbocycles. The summed E-state index contributed by atoms with van der Waals surface area (Å²) in [5, 5.41) is 7.92. The molecule has 12 nitrogen and oxygen atoms in total. The molecule has 2 amide bonds. The molecule has 0 aliphatic carbocycles. The Bertz CT molecular complexity index is 1080. The van der Waals surface area contributed by atoms with Gasteiger partial charge in [0.05, 0.1) is 11.4 Å². The normalized spacial score (nSPS) is 16.4. The maximum absolute atomic E-state index is 12.9. The average Bonchev–Trinajstić information content (AvgIpc) is 3.36. The van der Waals surface area contributed by atoms with E-state index in [0.29, 0.717) is 25.8 Å². The Balaban J connectivity index is 1.89. The third-order valence-corrected chi connectivity index (χ3v) is 6.98. The maximum Gasteiger partial charge on any atom is 0.408 e. The minimum absolute atomic E-state index is 0.0190. The fourth-order valence-electron chi connectivity index (χ4n) is 3.56. The van der Waals surface area contributed by atoms with Crippen LogP contribution in [-0.2, 0) is 33.9 Å². The van der Waals surface area contributed by atoms with Crippen molar-refractivity contribution in [1.29, 1.82) is 0 Å². The quantitative estimate of drug-likeness (QED) is 0.169. The second-order valence-corrected chi connectivity index (χ2v) is 11.8. The van der Waals surface area contributed by atoms with Gasteiger partial charge in [-0.05, 0) is 78.5 Å². The predicted octanol–water partition coefficient (Wildman–Crippen LogP) is 1.27. The number of unbranched alkanes of at least 4 members (excludes halogenated alkanes) is 1. The Morgan fingerprint density at radius 3 is 2.37 bits per heavy atom. The zero-order valence-electron chi connectivity index (χ0n) is 22.3. The Kier molecular flexibility index (Phi) is 11.7. The summed E-state index contributed by atoms with van der Waals surface area (Å²) >= 11 is 0. The first-order valence-electron chi connectivity index (χ1n) is 12.6. The number of carbonyl (C=O) groups excluding carboxylic acids is 4. The third-order valence-electron chi connectivity index (χ3n) is 5.49. The van der Waals surface area contributed by atoms with E-state index in [-0.39, 0.29) is 24.4 Å². The number of hydrogen-bond acceptors (Lipinski definition) is 9. The summed E-state index contributed by atoms with van der Waals surface area (Å²) in [7, 11) is -4.06. The molecule has 1 aliphatic heterocycles. The average molecular weight is 555 g/mol. The summed E-state index contributed by atoms with van der Waals surface area (Å²) in [6, 6.07) is 4.23. The van der Waals surface area contributed by atoms with Crippen LogP contribution >= 0.6 is 0 Å². The van der Waals surface area contributed by atoms with Crippen LogP contribution in [0.4, 0.5) is 4.79 Å². The zero-order chi connectivity index (χ0) is 28.3. The molecule has 0 bridgehead atoms. The number of nitrogens with one attached hydrogen (secondary N) is 4. The second kappa shape index (κ2) is 14.2. The van der Waals surface area contributed by atoms with Crippen LogP contribution in [-0.4, -0.2) is 69.7 Å². The number of ether oxygens (including phenoxy) is 2. The first-order valence-corrected chi connectivity index (χ1v) is 14.1. The minimum atomic E-state index is -4.06.